The molecule has 0 amide bonds. The SMILES string of the molecule is C[Si](C)(C)CCOCN1C=C(C(F)(F)F)C=CN1. The van der Waals surface area contributed by atoms with Gasteiger partial charge in [-0.15, -0.1) is 0 Å². The van der Waals surface area contributed by atoms with Gasteiger partial charge in [-0.1, -0.05) is 19.6 Å². The fourth-order valence-corrected chi connectivity index (χ4v) is 2.01. The Labute approximate surface area is 106 Å². The summed E-state index contributed by atoms with van der Waals surface area (Å²) in [7, 11) is -1.16. The maximum absolute atomic E-state index is 12.4. The summed E-state index contributed by atoms with van der Waals surface area (Å²) in [5.74, 6) is 0. The first-order valence-electron chi connectivity index (χ1n) is 5.75. The quantitative estimate of drug-likeness (QED) is 0.619. The molecule has 0 aromatic carbocycles. The van der Waals surface area contributed by atoms with Gasteiger partial charge in [0.1, 0.15) is 6.73 Å². The lowest BCUT2D eigenvalue weighted by atomic mass is 10.2. The maximum Gasteiger partial charge on any atom is 0.417 e. The topological polar surface area (TPSA) is 24.5 Å². The number of nitrogens with zero attached hydrogens (tertiary/aromatic N) is 1. The fourth-order valence-electron chi connectivity index (χ4n) is 1.25. The van der Waals surface area contributed by atoms with Crippen LogP contribution in [-0.4, -0.2) is 32.6 Å². The largest absolute Gasteiger partial charge is 0.417 e. The lowest BCUT2D eigenvalue weighted by Gasteiger charge is -2.25. The van der Waals surface area contributed by atoms with Gasteiger partial charge < -0.3 is 10.2 Å². The highest BCUT2D eigenvalue weighted by molar-refractivity contribution is 6.76. The van der Waals surface area contributed by atoms with Crippen molar-refractivity contribution in [2.75, 3.05) is 13.3 Å². The van der Waals surface area contributed by atoms with Gasteiger partial charge in [0.25, 0.3) is 0 Å². The molecule has 0 saturated heterocycles. The summed E-state index contributed by atoms with van der Waals surface area (Å²) in [5.41, 5.74) is 2.00. The standard InChI is InChI=1S/C11H19F3N2OSi/c1-18(2,3)7-6-17-9-16-8-10(4-5-15-16)11(12,13)14/h4-5,8,15H,6-7,9H2,1-3H3. The molecule has 0 atom stereocenters. The number of hydrogen-bond donors (Lipinski definition) is 1. The summed E-state index contributed by atoms with van der Waals surface area (Å²) in [5, 5.41) is 1.28. The summed E-state index contributed by atoms with van der Waals surface area (Å²) in [6, 6.07) is 0.993. The number of halogens is 3. The zero-order valence-electron chi connectivity index (χ0n) is 10.8. The highest BCUT2D eigenvalue weighted by Crippen LogP contribution is 2.27. The highest BCUT2D eigenvalue weighted by atomic mass is 28.3. The zero-order chi connectivity index (χ0) is 13.8. The molecule has 0 aromatic heterocycles. The molecule has 0 fully saturated rings. The van der Waals surface area contributed by atoms with E-state index in [-0.39, 0.29) is 6.73 Å². The second kappa shape index (κ2) is 5.79. The molecular formula is C11H19F3N2OSi. The smallest absolute Gasteiger partial charge is 0.360 e. The summed E-state index contributed by atoms with van der Waals surface area (Å²) >= 11 is 0. The molecule has 0 spiro atoms. The molecule has 7 heteroatoms. The van der Waals surface area contributed by atoms with Crippen molar-refractivity contribution in [1.82, 2.24) is 10.4 Å². The molecule has 0 saturated carbocycles. The van der Waals surface area contributed by atoms with Crippen molar-refractivity contribution >= 4 is 8.07 Å². The molecular weight excluding hydrogens is 261 g/mol. The molecule has 1 aliphatic rings. The third-order valence-electron chi connectivity index (χ3n) is 2.35. The molecule has 0 bridgehead atoms. The second-order valence-electron chi connectivity index (χ2n) is 5.36. The molecule has 0 unspecified atom stereocenters. The van der Waals surface area contributed by atoms with Crippen molar-refractivity contribution in [3.63, 3.8) is 0 Å². The first-order chi connectivity index (χ1) is 8.18. The lowest BCUT2D eigenvalue weighted by Crippen LogP contribution is -2.35. The van der Waals surface area contributed by atoms with E-state index >= 15 is 0 Å². The highest BCUT2D eigenvalue weighted by Gasteiger charge is 2.33. The van der Waals surface area contributed by atoms with Crippen molar-refractivity contribution in [3.8, 4) is 0 Å². The van der Waals surface area contributed by atoms with E-state index < -0.39 is 19.8 Å². The van der Waals surface area contributed by atoms with Crippen LogP contribution < -0.4 is 5.43 Å². The number of hydrazine groups is 1. The number of hydrogen-bond acceptors (Lipinski definition) is 3. The maximum atomic E-state index is 12.4. The molecule has 0 radical (unpaired) electrons. The predicted molar refractivity (Wildman–Crippen MR) is 67.2 cm³/mol. The Kier molecular flexibility index (Phi) is 4.86. The Bertz CT molecular complexity index is 334. The third-order valence-corrected chi connectivity index (χ3v) is 4.06. The van der Waals surface area contributed by atoms with Crippen molar-refractivity contribution in [2.45, 2.75) is 31.9 Å². The van der Waals surface area contributed by atoms with Crippen LogP contribution in [0.2, 0.25) is 25.7 Å². The summed E-state index contributed by atoms with van der Waals surface area (Å²) in [4.78, 5) is 0. The minimum atomic E-state index is -4.32. The molecule has 1 N–H and O–H groups in total. The van der Waals surface area contributed by atoms with Crippen LogP contribution in [-0.2, 0) is 4.74 Å². The van der Waals surface area contributed by atoms with Crippen LogP contribution in [0.1, 0.15) is 0 Å². The summed E-state index contributed by atoms with van der Waals surface area (Å²) < 4.78 is 42.7. The zero-order valence-corrected chi connectivity index (χ0v) is 11.8. The van der Waals surface area contributed by atoms with Crippen LogP contribution >= 0.6 is 0 Å². The van der Waals surface area contributed by atoms with Gasteiger partial charge in [0.05, 0.1) is 5.57 Å². The van der Waals surface area contributed by atoms with Crippen LogP contribution in [0, 0.1) is 0 Å². The molecule has 1 aliphatic heterocycles. The first-order valence-corrected chi connectivity index (χ1v) is 9.45. The lowest BCUT2D eigenvalue weighted by molar-refractivity contribution is -0.0909. The summed E-state index contributed by atoms with van der Waals surface area (Å²) in [6.45, 7) is 7.35. The van der Waals surface area contributed by atoms with Gasteiger partial charge in [-0.2, -0.15) is 13.2 Å². The molecule has 1 heterocycles. The Morgan fingerprint density at radius 2 is 2.00 bits per heavy atom. The average Bonchev–Trinajstić information content (AvgIpc) is 2.22. The second-order valence-corrected chi connectivity index (χ2v) is 11.0. The number of rotatable bonds is 5. The molecule has 0 aliphatic carbocycles. The fraction of sp³-hybridized carbons (Fsp3) is 0.636. The van der Waals surface area contributed by atoms with E-state index in [0.717, 1.165) is 18.3 Å². The van der Waals surface area contributed by atoms with Gasteiger partial charge in [-0.3, -0.25) is 5.01 Å². The van der Waals surface area contributed by atoms with Gasteiger partial charge in [-0.25, -0.2) is 0 Å². The van der Waals surface area contributed by atoms with Crippen LogP contribution in [0.25, 0.3) is 0 Å². The molecule has 104 valence electrons. The van der Waals surface area contributed by atoms with Crippen molar-refractivity contribution < 1.29 is 17.9 Å². The Morgan fingerprint density at radius 1 is 1.33 bits per heavy atom. The normalized spacial score (nSPS) is 16.6. The van der Waals surface area contributed by atoms with E-state index in [2.05, 4.69) is 25.1 Å². The first kappa shape index (κ1) is 15.1. The Balaban J connectivity index is 2.36. The molecule has 3 nitrogen and oxygen atoms in total. The number of ether oxygens (including phenoxy) is 1. The summed E-state index contributed by atoms with van der Waals surface area (Å²) in [6.07, 6.45) is -1.06. The van der Waals surface area contributed by atoms with Gasteiger partial charge in [-0.05, 0) is 12.1 Å². The van der Waals surface area contributed by atoms with E-state index in [0.29, 0.717) is 6.61 Å². The van der Waals surface area contributed by atoms with E-state index in [1.54, 1.807) is 0 Å². The number of alkyl halides is 3. The van der Waals surface area contributed by atoms with Crippen LogP contribution in [0.4, 0.5) is 13.2 Å². The van der Waals surface area contributed by atoms with E-state index in [4.69, 9.17) is 4.74 Å². The number of allylic oxidation sites excluding steroid dienone is 2. The van der Waals surface area contributed by atoms with E-state index in [1.807, 2.05) is 0 Å². The van der Waals surface area contributed by atoms with Gasteiger partial charge >= 0.3 is 6.18 Å². The molecule has 1 rings (SSSR count). The minimum absolute atomic E-state index is 0.106. The van der Waals surface area contributed by atoms with Crippen LogP contribution in [0.3, 0.4) is 0 Å². The van der Waals surface area contributed by atoms with E-state index in [9.17, 15) is 13.2 Å². The monoisotopic (exact) mass is 280 g/mol. The van der Waals surface area contributed by atoms with Crippen molar-refractivity contribution in [3.05, 3.63) is 24.0 Å². The third kappa shape index (κ3) is 5.59. The van der Waals surface area contributed by atoms with Gasteiger partial charge in [0.2, 0.25) is 0 Å². The Morgan fingerprint density at radius 3 is 2.56 bits per heavy atom. The Hall–Kier alpha value is -0.953. The van der Waals surface area contributed by atoms with Crippen LogP contribution in [0.5, 0.6) is 0 Å². The number of nitrogens with one attached hydrogen (secondary N) is 1. The molecule has 18 heavy (non-hydrogen) atoms. The average molecular weight is 280 g/mol. The van der Waals surface area contributed by atoms with Crippen LogP contribution in [0.15, 0.2) is 24.0 Å². The van der Waals surface area contributed by atoms with Gasteiger partial charge in [0.15, 0.2) is 0 Å². The van der Waals surface area contributed by atoms with E-state index in [1.165, 1.54) is 11.2 Å². The van der Waals surface area contributed by atoms with Crippen molar-refractivity contribution in [1.29, 1.82) is 0 Å². The van der Waals surface area contributed by atoms with Gasteiger partial charge in [0, 0.05) is 27.1 Å². The van der Waals surface area contributed by atoms with Crippen molar-refractivity contribution in [2.24, 2.45) is 0 Å². The molecule has 0 aromatic rings. The minimum Gasteiger partial charge on any atom is -0.360 e. The predicted octanol–water partition coefficient (Wildman–Crippen LogP) is 3.08.